The SMILES string of the molecule is O.[Cl-].c1ccc(-c2nnn(-c3ccccc3)[n+]2-c2ccccc2)cc1. The largest absolute Gasteiger partial charge is 1.00 e. The van der Waals surface area contributed by atoms with Crippen molar-refractivity contribution in [3.63, 3.8) is 0 Å². The summed E-state index contributed by atoms with van der Waals surface area (Å²) < 4.78 is 2.02. The Hall–Kier alpha value is -3.02. The van der Waals surface area contributed by atoms with Crippen molar-refractivity contribution < 1.29 is 22.6 Å². The summed E-state index contributed by atoms with van der Waals surface area (Å²) in [6.07, 6.45) is 0. The lowest BCUT2D eigenvalue weighted by Crippen LogP contribution is -3.00. The van der Waals surface area contributed by atoms with E-state index < -0.39 is 0 Å². The van der Waals surface area contributed by atoms with Crippen molar-refractivity contribution in [2.75, 3.05) is 0 Å². The summed E-state index contributed by atoms with van der Waals surface area (Å²) in [6.45, 7) is 0. The molecule has 0 saturated heterocycles. The van der Waals surface area contributed by atoms with E-state index in [9.17, 15) is 0 Å². The van der Waals surface area contributed by atoms with Crippen LogP contribution in [0.4, 0.5) is 0 Å². The molecule has 0 atom stereocenters. The van der Waals surface area contributed by atoms with Gasteiger partial charge in [0.15, 0.2) is 5.21 Å². The molecule has 2 N–H and O–H groups in total. The van der Waals surface area contributed by atoms with E-state index in [1.807, 2.05) is 88.3 Å². The zero-order valence-electron chi connectivity index (χ0n) is 13.3. The molecular formula is C19H17ClN4O. The van der Waals surface area contributed by atoms with Crippen molar-refractivity contribution in [3.05, 3.63) is 91.0 Å². The molecule has 0 bridgehead atoms. The third kappa shape index (κ3) is 3.57. The van der Waals surface area contributed by atoms with Gasteiger partial charge in [-0.15, -0.1) is 4.68 Å². The van der Waals surface area contributed by atoms with Gasteiger partial charge < -0.3 is 17.9 Å². The van der Waals surface area contributed by atoms with E-state index in [0.717, 1.165) is 22.8 Å². The Balaban J connectivity index is 0.00000113. The van der Waals surface area contributed by atoms with Gasteiger partial charge in [0.1, 0.15) is 16.5 Å². The topological polar surface area (TPSA) is 66.1 Å². The van der Waals surface area contributed by atoms with E-state index in [4.69, 9.17) is 0 Å². The molecule has 126 valence electrons. The highest BCUT2D eigenvalue weighted by Gasteiger charge is 2.24. The second-order valence-corrected chi connectivity index (χ2v) is 5.15. The molecule has 6 heteroatoms. The zero-order valence-corrected chi connectivity index (χ0v) is 14.1. The lowest BCUT2D eigenvalue weighted by atomic mass is 10.2. The first-order valence-corrected chi connectivity index (χ1v) is 7.48. The molecule has 4 aromatic rings. The fraction of sp³-hybridized carbons (Fsp3) is 0. The molecule has 0 aliphatic rings. The van der Waals surface area contributed by atoms with Crippen molar-refractivity contribution >= 4 is 0 Å². The summed E-state index contributed by atoms with van der Waals surface area (Å²) in [4.78, 5) is 1.82. The summed E-state index contributed by atoms with van der Waals surface area (Å²) >= 11 is 0. The van der Waals surface area contributed by atoms with E-state index in [1.54, 1.807) is 0 Å². The minimum absolute atomic E-state index is 0. The lowest BCUT2D eigenvalue weighted by Gasteiger charge is -2.04. The van der Waals surface area contributed by atoms with E-state index in [0.29, 0.717) is 0 Å². The molecule has 1 heterocycles. The number of nitrogens with zero attached hydrogens (tertiary/aromatic N) is 4. The average molecular weight is 353 g/mol. The number of para-hydroxylation sites is 2. The van der Waals surface area contributed by atoms with Crippen LogP contribution in [0.25, 0.3) is 22.8 Å². The highest BCUT2D eigenvalue weighted by Crippen LogP contribution is 2.15. The summed E-state index contributed by atoms with van der Waals surface area (Å²) in [5.41, 5.74) is 3.00. The zero-order chi connectivity index (χ0) is 15.5. The maximum absolute atomic E-state index is 4.42. The van der Waals surface area contributed by atoms with Crippen LogP contribution in [0.15, 0.2) is 91.0 Å². The Labute approximate surface area is 151 Å². The Kier molecular flexibility index (Phi) is 6.00. The molecule has 5 nitrogen and oxygen atoms in total. The molecule has 0 amide bonds. The molecule has 25 heavy (non-hydrogen) atoms. The monoisotopic (exact) mass is 352 g/mol. The Morgan fingerprint density at radius 1 is 0.680 bits per heavy atom. The van der Waals surface area contributed by atoms with Crippen LogP contribution in [-0.2, 0) is 0 Å². The highest BCUT2D eigenvalue weighted by atomic mass is 35.5. The first kappa shape index (κ1) is 18.3. The average Bonchev–Trinajstić information content (AvgIpc) is 3.09. The summed E-state index contributed by atoms with van der Waals surface area (Å²) in [5, 5.41) is 8.78. The summed E-state index contributed by atoms with van der Waals surface area (Å²) in [7, 11) is 0. The van der Waals surface area contributed by atoms with Crippen molar-refractivity contribution in [3.8, 4) is 22.8 Å². The third-order valence-corrected chi connectivity index (χ3v) is 3.63. The number of hydrogen-bond acceptors (Lipinski definition) is 2. The van der Waals surface area contributed by atoms with Crippen molar-refractivity contribution in [2.24, 2.45) is 0 Å². The van der Waals surface area contributed by atoms with Crippen LogP contribution in [-0.4, -0.2) is 20.6 Å². The third-order valence-electron chi connectivity index (χ3n) is 3.63. The molecular weight excluding hydrogens is 336 g/mol. The second-order valence-electron chi connectivity index (χ2n) is 5.15. The first-order valence-electron chi connectivity index (χ1n) is 7.48. The van der Waals surface area contributed by atoms with Crippen LogP contribution < -0.4 is 17.1 Å². The van der Waals surface area contributed by atoms with E-state index in [-0.39, 0.29) is 17.9 Å². The minimum atomic E-state index is 0. The second kappa shape index (κ2) is 8.19. The molecule has 0 aliphatic heterocycles. The van der Waals surface area contributed by atoms with Gasteiger partial charge in [0.05, 0.1) is 5.56 Å². The van der Waals surface area contributed by atoms with Gasteiger partial charge >= 0.3 is 5.82 Å². The molecule has 0 spiro atoms. The highest BCUT2D eigenvalue weighted by molar-refractivity contribution is 5.51. The van der Waals surface area contributed by atoms with Gasteiger partial charge in [0.25, 0.3) is 0 Å². The maximum atomic E-state index is 4.42. The van der Waals surface area contributed by atoms with Crippen LogP contribution in [0, 0.1) is 0 Å². The molecule has 3 aromatic carbocycles. The van der Waals surface area contributed by atoms with Crippen LogP contribution in [0.5, 0.6) is 0 Å². The van der Waals surface area contributed by atoms with Gasteiger partial charge in [-0.2, -0.15) is 0 Å². The van der Waals surface area contributed by atoms with Gasteiger partial charge in [0, 0.05) is 0 Å². The Morgan fingerprint density at radius 3 is 1.80 bits per heavy atom. The molecule has 0 unspecified atom stereocenters. The van der Waals surface area contributed by atoms with Gasteiger partial charge in [-0.05, 0) is 41.2 Å². The van der Waals surface area contributed by atoms with Crippen LogP contribution in [0.3, 0.4) is 0 Å². The van der Waals surface area contributed by atoms with Crippen molar-refractivity contribution in [1.29, 1.82) is 0 Å². The fourth-order valence-corrected chi connectivity index (χ4v) is 2.55. The first-order chi connectivity index (χ1) is 11.4. The fourth-order valence-electron chi connectivity index (χ4n) is 2.55. The number of aromatic nitrogens is 4. The number of benzene rings is 3. The summed E-state index contributed by atoms with van der Waals surface area (Å²) in [5.74, 6) is 0.806. The molecule has 4 rings (SSSR count). The van der Waals surface area contributed by atoms with Gasteiger partial charge in [-0.3, -0.25) is 0 Å². The minimum Gasteiger partial charge on any atom is -1.00 e. The van der Waals surface area contributed by atoms with E-state index in [1.165, 1.54) is 0 Å². The molecule has 0 saturated carbocycles. The number of halogens is 1. The van der Waals surface area contributed by atoms with Crippen molar-refractivity contribution in [1.82, 2.24) is 15.1 Å². The molecule has 0 fully saturated rings. The number of rotatable bonds is 3. The van der Waals surface area contributed by atoms with Gasteiger partial charge in [-0.1, -0.05) is 54.6 Å². The molecule has 0 radical (unpaired) electrons. The van der Waals surface area contributed by atoms with Crippen molar-refractivity contribution in [2.45, 2.75) is 0 Å². The predicted octanol–water partition coefficient (Wildman–Crippen LogP) is -0.610. The quantitative estimate of drug-likeness (QED) is 0.462. The van der Waals surface area contributed by atoms with Crippen LogP contribution >= 0.6 is 0 Å². The maximum Gasteiger partial charge on any atom is 0.337 e. The number of tetrazole rings is 1. The summed E-state index contributed by atoms with van der Waals surface area (Å²) in [6, 6.07) is 30.2. The van der Waals surface area contributed by atoms with Gasteiger partial charge in [-0.25, -0.2) is 0 Å². The van der Waals surface area contributed by atoms with Crippen LogP contribution in [0.1, 0.15) is 0 Å². The smallest absolute Gasteiger partial charge is 0.337 e. The van der Waals surface area contributed by atoms with Gasteiger partial charge in [0.2, 0.25) is 0 Å². The molecule has 0 aliphatic carbocycles. The number of hydrogen-bond donors (Lipinski definition) is 0. The van der Waals surface area contributed by atoms with Crippen LogP contribution in [0.2, 0.25) is 0 Å². The standard InChI is InChI=1S/C19H15N4.ClH.H2O/c1-4-10-16(11-5-1)19-20-21-23(18-14-8-3-9-15-18)22(19)17-12-6-2-7-13-17;;/h1-15H;1H;1H2/q+1;;/p-1. The molecule has 1 aromatic heterocycles. The van der Waals surface area contributed by atoms with E-state index >= 15 is 0 Å². The lowest BCUT2D eigenvalue weighted by molar-refractivity contribution is -0.669. The normalized spacial score (nSPS) is 9.76. The Bertz CT molecular complexity index is 855. The predicted molar refractivity (Wildman–Crippen MR) is 91.9 cm³/mol. The Morgan fingerprint density at radius 2 is 1.20 bits per heavy atom. The van der Waals surface area contributed by atoms with E-state index in [2.05, 4.69) is 22.4 Å².